The van der Waals surface area contributed by atoms with Gasteiger partial charge in [0.25, 0.3) is 0 Å². The van der Waals surface area contributed by atoms with Crippen molar-refractivity contribution in [2.75, 3.05) is 58.5 Å². The molecule has 2 fully saturated rings. The van der Waals surface area contributed by atoms with Crippen molar-refractivity contribution in [3.05, 3.63) is 53.6 Å². The number of likely N-dealkylation sites (tertiary alicyclic amines) is 2. The molecule has 2 amide bonds. The third-order valence-electron chi connectivity index (χ3n) is 9.25. The first kappa shape index (κ1) is 32.8. The lowest BCUT2D eigenvalue weighted by Crippen LogP contribution is -2.45. The molecule has 5 rings (SSSR count). The van der Waals surface area contributed by atoms with E-state index in [9.17, 15) is 19.5 Å². The normalized spacial score (nSPS) is 22.4. The van der Waals surface area contributed by atoms with Gasteiger partial charge in [0.05, 0.1) is 12.5 Å². The highest BCUT2D eigenvalue weighted by Gasteiger charge is 2.48. The number of anilines is 1. The molecule has 0 bridgehead atoms. The summed E-state index contributed by atoms with van der Waals surface area (Å²) in [6.07, 6.45) is 2.76. The molecule has 2 saturated heterocycles. The monoisotopic (exact) mass is 620 g/mol. The van der Waals surface area contributed by atoms with Gasteiger partial charge in [0.15, 0.2) is 11.5 Å². The zero-order valence-corrected chi connectivity index (χ0v) is 27.3. The van der Waals surface area contributed by atoms with E-state index in [1.807, 2.05) is 59.1 Å². The van der Waals surface area contributed by atoms with Gasteiger partial charge in [-0.1, -0.05) is 45.4 Å². The van der Waals surface area contributed by atoms with Crippen LogP contribution in [0, 0.1) is 11.3 Å². The van der Waals surface area contributed by atoms with Crippen LogP contribution in [0.4, 0.5) is 5.69 Å². The molecule has 3 heterocycles. The van der Waals surface area contributed by atoms with Crippen molar-refractivity contribution in [3.8, 4) is 11.5 Å². The average molecular weight is 621 g/mol. The molecule has 0 aliphatic carbocycles. The van der Waals surface area contributed by atoms with Crippen molar-refractivity contribution in [2.24, 2.45) is 11.3 Å². The molecule has 3 atom stereocenters. The molecule has 3 aliphatic rings. The van der Waals surface area contributed by atoms with E-state index in [0.29, 0.717) is 50.5 Å². The zero-order chi connectivity index (χ0) is 32.3. The second kappa shape index (κ2) is 13.8. The van der Waals surface area contributed by atoms with Gasteiger partial charge in [0.1, 0.15) is 0 Å². The van der Waals surface area contributed by atoms with Crippen LogP contribution in [0.3, 0.4) is 0 Å². The number of carboxylic acids is 1. The Morgan fingerprint density at radius 2 is 1.87 bits per heavy atom. The van der Waals surface area contributed by atoms with E-state index in [2.05, 4.69) is 37.8 Å². The second-order valence-corrected chi connectivity index (χ2v) is 13.8. The summed E-state index contributed by atoms with van der Waals surface area (Å²) in [4.78, 5) is 47.8. The molecule has 0 aromatic heterocycles. The molecule has 0 spiro atoms. The number of carboxylic acid groups (broad SMARTS) is 1. The maximum absolute atomic E-state index is 14.2. The molecule has 1 N–H and O–H groups in total. The molecule has 244 valence electrons. The molecule has 0 unspecified atom stereocenters. The summed E-state index contributed by atoms with van der Waals surface area (Å²) in [5.41, 5.74) is 2.72. The van der Waals surface area contributed by atoms with E-state index in [1.54, 1.807) is 0 Å². The fourth-order valence-electron chi connectivity index (χ4n) is 7.17. The van der Waals surface area contributed by atoms with Crippen molar-refractivity contribution < 1.29 is 29.0 Å². The topological polar surface area (TPSA) is 103 Å². The molecule has 0 saturated carbocycles. The van der Waals surface area contributed by atoms with Gasteiger partial charge >= 0.3 is 5.97 Å². The Morgan fingerprint density at radius 3 is 2.56 bits per heavy atom. The number of rotatable bonds is 13. The maximum Gasteiger partial charge on any atom is 0.308 e. The predicted octanol–water partition coefficient (Wildman–Crippen LogP) is 4.43. The van der Waals surface area contributed by atoms with Gasteiger partial charge in [-0.05, 0) is 67.7 Å². The number of amides is 2. The van der Waals surface area contributed by atoms with E-state index in [0.717, 1.165) is 36.2 Å². The molecule has 2 aromatic rings. The largest absolute Gasteiger partial charge is 0.481 e. The van der Waals surface area contributed by atoms with E-state index < -0.39 is 17.9 Å². The maximum atomic E-state index is 14.2. The molecule has 3 aliphatic heterocycles. The predicted molar refractivity (Wildman–Crippen MR) is 172 cm³/mol. The third kappa shape index (κ3) is 7.61. The fraction of sp³-hybridized carbons (Fsp3) is 0.571. The second-order valence-electron chi connectivity index (χ2n) is 13.8. The van der Waals surface area contributed by atoms with Crippen molar-refractivity contribution in [3.63, 3.8) is 0 Å². The highest BCUT2D eigenvalue weighted by Crippen LogP contribution is 2.43. The number of carbonyl (C=O) groups excluding carboxylic acids is 2. The van der Waals surface area contributed by atoms with Crippen LogP contribution in [0.5, 0.6) is 11.5 Å². The first-order valence-electron chi connectivity index (χ1n) is 16.1. The lowest BCUT2D eigenvalue weighted by Gasteiger charge is -2.31. The smallest absolute Gasteiger partial charge is 0.308 e. The Morgan fingerprint density at radius 1 is 1.09 bits per heavy atom. The Labute approximate surface area is 266 Å². The molecular weight excluding hydrogens is 572 g/mol. The number of nitrogens with zero attached hydrogens (tertiary/aromatic N) is 4. The summed E-state index contributed by atoms with van der Waals surface area (Å²) in [5, 5.41) is 10.6. The van der Waals surface area contributed by atoms with Crippen molar-refractivity contribution in [1.82, 2.24) is 14.7 Å². The first-order chi connectivity index (χ1) is 21.5. The first-order valence-corrected chi connectivity index (χ1v) is 16.1. The van der Waals surface area contributed by atoms with Crippen molar-refractivity contribution in [2.45, 2.75) is 65.0 Å². The Hall–Kier alpha value is -3.63. The number of unbranched alkanes of at least 4 members (excludes halogenated alkanes) is 1. The number of hydrogen-bond acceptors (Lipinski definition) is 7. The van der Waals surface area contributed by atoms with Gasteiger partial charge in [-0.15, -0.1) is 0 Å². The van der Waals surface area contributed by atoms with Crippen LogP contribution >= 0.6 is 0 Å². The van der Waals surface area contributed by atoms with E-state index in [-0.39, 0.29) is 36.5 Å². The van der Waals surface area contributed by atoms with Crippen LogP contribution in [-0.4, -0.2) is 97.2 Å². The van der Waals surface area contributed by atoms with Gasteiger partial charge in [-0.25, -0.2) is 0 Å². The van der Waals surface area contributed by atoms with Crippen molar-refractivity contribution in [1.29, 1.82) is 0 Å². The Kier molecular flexibility index (Phi) is 10.0. The minimum absolute atomic E-state index is 0.0516. The zero-order valence-electron chi connectivity index (χ0n) is 27.3. The highest BCUT2D eigenvalue weighted by atomic mass is 16.7. The standard InChI is InChI=1S/C35H48N4O6/c1-6-7-14-39(26-10-8-9-24(16-26)19-36(4)5)32(41)21-38-20-27(25-11-12-29-30(17-25)45-23-44-29)33(34(42)43)28(38)13-15-37-22-35(2,3)18-31(37)40/h8-12,16-17,27-28,33H,6-7,13-15,18-23H2,1-5H3,(H,42,43)/t27-,28+,33-/m1/s1. The minimum atomic E-state index is -0.898. The Bertz CT molecular complexity index is 1390. The van der Waals surface area contributed by atoms with E-state index in [4.69, 9.17) is 9.47 Å². The lowest BCUT2D eigenvalue weighted by atomic mass is 9.84. The number of ether oxygens (including phenoxy) is 2. The fourth-order valence-corrected chi connectivity index (χ4v) is 7.17. The van der Waals surface area contributed by atoms with Gasteiger partial charge < -0.3 is 29.3 Å². The number of carbonyl (C=O) groups is 3. The van der Waals surface area contributed by atoms with Crippen LogP contribution < -0.4 is 14.4 Å². The van der Waals surface area contributed by atoms with Gasteiger partial charge in [-0.3, -0.25) is 19.3 Å². The SMILES string of the molecule is CCCCN(C(=O)CN1C[C@H](c2ccc3c(c2)OCO3)[C@@H](C(=O)O)[C@@H]1CCN1CC(C)(C)CC1=O)c1cccc(CN(C)C)c1. The van der Waals surface area contributed by atoms with E-state index >= 15 is 0 Å². The van der Waals surface area contributed by atoms with Crippen LogP contribution in [-0.2, 0) is 20.9 Å². The van der Waals surface area contributed by atoms with Crippen molar-refractivity contribution >= 4 is 23.5 Å². The molecule has 10 heteroatoms. The van der Waals surface area contributed by atoms with Crippen LogP contribution in [0.15, 0.2) is 42.5 Å². The van der Waals surface area contributed by atoms with Crippen LogP contribution in [0.2, 0.25) is 0 Å². The van der Waals surface area contributed by atoms with Crippen LogP contribution in [0.1, 0.15) is 63.5 Å². The molecular formula is C35H48N4O6. The quantitative estimate of drug-likeness (QED) is 0.351. The van der Waals surface area contributed by atoms with Gasteiger partial charge in [-0.2, -0.15) is 0 Å². The summed E-state index contributed by atoms with van der Waals surface area (Å²) in [6.45, 7) is 9.38. The van der Waals surface area contributed by atoms with Crippen LogP contribution in [0.25, 0.3) is 0 Å². The highest BCUT2D eigenvalue weighted by molar-refractivity contribution is 5.95. The number of benzene rings is 2. The summed E-state index contributed by atoms with van der Waals surface area (Å²) in [6, 6.07) is 13.3. The number of fused-ring (bicyclic) bond motifs is 1. The molecule has 10 nitrogen and oxygen atoms in total. The molecule has 0 radical (unpaired) electrons. The summed E-state index contributed by atoms with van der Waals surface area (Å²) in [7, 11) is 4.04. The Balaban J connectivity index is 1.43. The third-order valence-corrected chi connectivity index (χ3v) is 9.25. The number of hydrogen-bond donors (Lipinski definition) is 1. The summed E-state index contributed by atoms with van der Waals surface area (Å²) >= 11 is 0. The van der Waals surface area contributed by atoms with E-state index in [1.165, 1.54) is 0 Å². The van der Waals surface area contributed by atoms with Gasteiger partial charge in [0.2, 0.25) is 18.6 Å². The minimum Gasteiger partial charge on any atom is -0.481 e. The lowest BCUT2D eigenvalue weighted by molar-refractivity contribution is -0.143. The molecule has 45 heavy (non-hydrogen) atoms. The number of aliphatic carboxylic acids is 1. The molecule has 2 aromatic carbocycles. The summed E-state index contributed by atoms with van der Waals surface area (Å²) in [5.74, 6) is -0.705. The summed E-state index contributed by atoms with van der Waals surface area (Å²) < 4.78 is 11.1. The van der Waals surface area contributed by atoms with Gasteiger partial charge in [0, 0.05) is 56.8 Å². The average Bonchev–Trinajstić information content (AvgIpc) is 3.66.